The third kappa shape index (κ3) is 3.68. The maximum absolute atomic E-state index is 12.5. The van der Waals surface area contributed by atoms with Crippen LogP contribution in [0.1, 0.15) is 38.7 Å². The zero-order valence-electron chi connectivity index (χ0n) is 12.4. The van der Waals surface area contributed by atoms with Gasteiger partial charge in [0.15, 0.2) is 0 Å². The Morgan fingerprint density at radius 3 is 2.90 bits per heavy atom. The molecule has 5 heteroatoms. The minimum atomic E-state index is -0.311. The molecule has 0 aliphatic carbocycles. The van der Waals surface area contributed by atoms with Crippen molar-refractivity contribution in [2.24, 2.45) is 0 Å². The van der Waals surface area contributed by atoms with E-state index in [1.807, 2.05) is 17.9 Å². The van der Waals surface area contributed by atoms with Crippen LogP contribution >= 0.6 is 11.6 Å². The van der Waals surface area contributed by atoms with Gasteiger partial charge in [-0.3, -0.25) is 4.79 Å². The summed E-state index contributed by atoms with van der Waals surface area (Å²) in [5, 5.41) is 12.4. The van der Waals surface area contributed by atoms with Crippen LogP contribution in [-0.2, 0) is 4.79 Å². The minimum absolute atomic E-state index is 0.114. The molecular formula is C16H20ClN3O. The zero-order chi connectivity index (χ0) is 15.4. The van der Waals surface area contributed by atoms with Crippen molar-refractivity contribution in [1.82, 2.24) is 4.90 Å². The summed E-state index contributed by atoms with van der Waals surface area (Å²) < 4.78 is 0. The zero-order valence-corrected chi connectivity index (χ0v) is 13.2. The number of anilines is 1. The highest BCUT2D eigenvalue weighted by Crippen LogP contribution is 2.22. The first-order valence-corrected chi connectivity index (χ1v) is 7.67. The lowest BCUT2D eigenvalue weighted by molar-refractivity contribution is -0.134. The molecule has 0 spiro atoms. The van der Waals surface area contributed by atoms with Gasteiger partial charge in [0.05, 0.1) is 10.6 Å². The van der Waals surface area contributed by atoms with Gasteiger partial charge in [-0.15, -0.1) is 0 Å². The van der Waals surface area contributed by atoms with Gasteiger partial charge in [0.1, 0.15) is 12.1 Å². The second kappa shape index (κ2) is 6.82. The van der Waals surface area contributed by atoms with Crippen LogP contribution in [0.3, 0.4) is 0 Å². The Morgan fingerprint density at radius 2 is 2.29 bits per heavy atom. The topological polar surface area (TPSA) is 56.1 Å². The Bertz CT molecular complexity index is 567. The van der Waals surface area contributed by atoms with Gasteiger partial charge in [0.25, 0.3) is 0 Å². The summed E-state index contributed by atoms with van der Waals surface area (Å²) in [5.41, 5.74) is 1.19. The molecule has 1 aromatic rings. The van der Waals surface area contributed by atoms with Crippen molar-refractivity contribution in [3.05, 3.63) is 28.8 Å². The van der Waals surface area contributed by atoms with Crippen LogP contribution < -0.4 is 5.32 Å². The summed E-state index contributed by atoms with van der Waals surface area (Å²) in [6.45, 7) is 4.79. The second-order valence-corrected chi connectivity index (χ2v) is 5.96. The predicted molar refractivity (Wildman–Crippen MR) is 84.3 cm³/mol. The first-order valence-electron chi connectivity index (χ1n) is 7.29. The van der Waals surface area contributed by atoms with E-state index in [0.29, 0.717) is 16.6 Å². The molecule has 2 unspecified atom stereocenters. The highest BCUT2D eigenvalue weighted by molar-refractivity contribution is 6.32. The Morgan fingerprint density at radius 1 is 1.52 bits per heavy atom. The Balaban J connectivity index is 2.03. The number of amides is 1. The smallest absolute Gasteiger partial charge is 0.245 e. The Hall–Kier alpha value is -1.73. The summed E-state index contributed by atoms with van der Waals surface area (Å²) >= 11 is 6.01. The standard InChI is InChI=1S/C16H20ClN3O/c1-11-5-3-4-8-20(11)16(21)12(2)19-14-7-6-13(10-18)15(17)9-14/h6-7,9,11-12,19H,3-5,8H2,1-2H3. The molecule has 1 heterocycles. The Labute approximate surface area is 130 Å². The van der Waals surface area contributed by atoms with Crippen LogP contribution in [0.15, 0.2) is 18.2 Å². The van der Waals surface area contributed by atoms with Crippen molar-refractivity contribution in [1.29, 1.82) is 5.26 Å². The quantitative estimate of drug-likeness (QED) is 0.931. The van der Waals surface area contributed by atoms with Crippen LogP contribution in [0.4, 0.5) is 5.69 Å². The average molecular weight is 306 g/mol. The van der Waals surface area contributed by atoms with Crippen molar-refractivity contribution < 1.29 is 4.79 Å². The number of benzene rings is 1. The molecule has 2 rings (SSSR count). The van der Waals surface area contributed by atoms with Crippen LogP contribution in [0, 0.1) is 11.3 Å². The normalized spacial score (nSPS) is 19.7. The third-order valence-corrected chi connectivity index (χ3v) is 4.24. The molecule has 1 saturated heterocycles. The number of carbonyl (C=O) groups excluding carboxylic acids is 1. The molecule has 21 heavy (non-hydrogen) atoms. The molecule has 1 N–H and O–H groups in total. The Kier molecular flexibility index (Phi) is 5.08. The van der Waals surface area contributed by atoms with E-state index in [1.54, 1.807) is 18.2 Å². The molecule has 1 aliphatic heterocycles. The first-order chi connectivity index (χ1) is 10.0. The van der Waals surface area contributed by atoms with Crippen LogP contribution in [-0.4, -0.2) is 29.4 Å². The number of rotatable bonds is 3. The predicted octanol–water partition coefficient (Wildman–Crippen LogP) is 3.41. The van der Waals surface area contributed by atoms with Gasteiger partial charge in [-0.25, -0.2) is 0 Å². The van der Waals surface area contributed by atoms with E-state index in [1.165, 1.54) is 6.42 Å². The summed E-state index contributed by atoms with van der Waals surface area (Å²) in [5.74, 6) is 0.114. The second-order valence-electron chi connectivity index (χ2n) is 5.55. The van der Waals surface area contributed by atoms with E-state index < -0.39 is 0 Å². The van der Waals surface area contributed by atoms with Gasteiger partial charge in [0.2, 0.25) is 5.91 Å². The molecule has 1 amide bonds. The number of nitriles is 1. The summed E-state index contributed by atoms with van der Waals surface area (Å²) in [6.07, 6.45) is 3.34. The lowest BCUT2D eigenvalue weighted by Gasteiger charge is -2.35. The fourth-order valence-corrected chi connectivity index (χ4v) is 2.90. The molecule has 0 saturated carbocycles. The van der Waals surface area contributed by atoms with E-state index in [0.717, 1.165) is 25.1 Å². The van der Waals surface area contributed by atoms with Gasteiger partial charge in [-0.2, -0.15) is 5.26 Å². The highest BCUT2D eigenvalue weighted by atomic mass is 35.5. The van der Waals surface area contributed by atoms with E-state index >= 15 is 0 Å². The average Bonchev–Trinajstić information content (AvgIpc) is 2.47. The van der Waals surface area contributed by atoms with Crippen molar-refractivity contribution in [3.63, 3.8) is 0 Å². The maximum Gasteiger partial charge on any atom is 0.245 e. The molecule has 0 aromatic heterocycles. The number of carbonyl (C=O) groups is 1. The van der Waals surface area contributed by atoms with E-state index in [2.05, 4.69) is 12.2 Å². The van der Waals surface area contributed by atoms with Crippen molar-refractivity contribution in [2.45, 2.75) is 45.2 Å². The molecule has 0 bridgehead atoms. The van der Waals surface area contributed by atoms with E-state index in [-0.39, 0.29) is 11.9 Å². The van der Waals surface area contributed by atoms with Crippen LogP contribution in [0.5, 0.6) is 0 Å². The van der Waals surface area contributed by atoms with Crippen molar-refractivity contribution in [3.8, 4) is 6.07 Å². The van der Waals surface area contributed by atoms with Crippen molar-refractivity contribution in [2.75, 3.05) is 11.9 Å². The molecule has 1 fully saturated rings. The summed E-state index contributed by atoms with van der Waals surface area (Å²) in [6, 6.07) is 7.13. The minimum Gasteiger partial charge on any atom is -0.374 e. The summed E-state index contributed by atoms with van der Waals surface area (Å²) in [7, 11) is 0. The first kappa shape index (κ1) is 15.7. The lowest BCUT2D eigenvalue weighted by atomic mass is 10.0. The summed E-state index contributed by atoms with van der Waals surface area (Å²) in [4.78, 5) is 14.4. The lowest BCUT2D eigenvalue weighted by Crippen LogP contribution is -2.48. The van der Waals surface area contributed by atoms with Crippen LogP contribution in [0.25, 0.3) is 0 Å². The molecule has 1 aliphatic rings. The van der Waals surface area contributed by atoms with Crippen LogP contribution in [0.2, 0.25) is 5.02 Å². The van der Waals surface area contributed by atoms with E-state index in [9.17, 15) is 4.79 Å². The number of likely N-dealkylation sites (tertiary alicyclic amines) is 1. The highest BCUT2D eigenvalue weighted by Gasteiger charge is 2.26. The van der Waals surface area contributed by atoms with Gasteiger partial charge in [0, 0.05) is 18.3 Å². The fraction of sp³-hybridized carbons (Fsp3) is 0.500. The molecule has 4 nitrogen and oxygen atoms in total. The number of hydrogen-bond donors (Lipinski definition) is 1. The van der Waals surface area contributed by atoms with Gasteiger partial charge in [-0.1, -0.05) is 11.6 Å². The third-order valence-electron chi connectivity index (χ3n) is 3.93. The number of hydrogen-bond acceptors (Lipinski definition) is 3. The van der Waals surface area contributed by atoms with Gasteiger partial charge >= 0.3 is 0 Å². The fourth-order valence-electron chi connectivity index (χ4n) is 2.68. The largest absolute Gasteiger partial charge is 0.374 e. The van der Waals surface area contributed by atoms with E-state index in [4.69, 9.17) is 16.9 Å². The molecule has 2 atom stereocenters. The molecule has 0 radical (unpaired) electrons. The molecule has 1 aromatic carbocycles. The number of nitrogens with zero attached hydrogens (tertiary/aromatic N) is 2. The maximum atomic E-state index is 12.5. The number of piperidine rings is 1. The van der Waals surface area contributed by atoms with Gasteiger partial charge < -0.3 is 10.2 Å². The number of nitrogens with one attached hydrogen (secondary N) is 1. The number of halogens is 1. The molecule has 112 valence electrons. The molecular weight excluding hydrogens is 286 g/mol. The monoisotopic (exact) mass is 305 g/mol. The van der Waals surface area contributed by atoms with Gasteiger partial charge in [-0.05, 0) is 51.3 Å². The van der Waals surface area contributed by atoms with Crippen molar-refractivity contribution >= 4 is 23.2 Å². The SMILES string of the molecule is CC(Nc1ccc(C#N)c(Cl)c1)C(=O)N1CCCCC1C.